The van der Waals surface area contributed by atoms with Crippen LogP contribution in [0.3, 0.4) is 0 Å². The van der Waals surface area contributed by atoms with E-state index in [0.717, 1.165) is 50.5 Å². The summed E-state index contributed by atoms with van der Waals surface area (Å²) >= 11 is 0. The summed E-state index contributed by atoms with van der Waals surface area (Å²) in [7, 11) is 0. The van der Waals surface area contributed by atoms with Crippen LogP contribution in [0.15, 0.2) is 67.3 Å². The minimum absolute atomic E-state index is 0.337. The maximum absolute atomic E-state index is 11.1. The zero-order valence-corrected chi connectivity index (χ0v) is 18.8. The molecule has 0 unspecified atom stereocenters. The maximum Gasteiger partial charge on any atom is 0.119 e. The van der Waals surface area contributed by atoms with Crippen LogP contribution < -0.4 is 9.47 Å². The van der Waals surface area contributed by atoms with E-state index in [1.54, 1.807) is 12.5 Å². The molecule has 2 heterocycles. The average molecular weight is 436 g/mol. The molecule has 170 valence electrons. The standard InChI is InChI=1S/C26H33N3O3/c1-22-6-8-24(9-7-22)32-20-26(30)10-3-13-28(14-11-26)19-23-4-2-5-25(18-23)31-17-16-29-15-12-27-21-29/h2,4-9,12,15,18,21,30H,3,10-11,13-14,16-17,19-20H2,1H3/t26-/m1/s1. The van der Waals surface area contributed by atoms with Crippen molar-refractivity contribution >= 4 is 0 Å². The summed E-state index contributed by atoms with van der Waals surface area (Å²) in [6, 6.07) is 16.3. The number of rotatable bonds is 9. The number of likely N-dealkylation sites (tertiary alicyclic amines) is 1. The first kappa shape index (κ1) is 22.4. The largest absolute Gasteiger partial charge is 0.492 e. The highest BCUT2D eigenvalue weighted by molar-refractivity contribution is 5.28. The number of hydrogen-bond acceptors (Lipinski definition) is 5. The summed E-state index contributed by atoms with van der Waals surface area (Å²) in [6.07, 6.45) is 7.93. The minimum atomic E-state index is -0.780. The highest BCUT2D eigenvalue weighted by Gasteiger charge is 2.31. The molecule has 2 aromatic carbocycles. The van der Waals surface area contributed by atoms with Crippen molar-refractivity contribution < 1.29 is 14.6 Å². The van der Waals surface area contributed by atoms with Crippen LogP contribution in [0.5, 0.6) is 11.5 Å². The molecular formula is C26H33N3O3. The van der Waals surface area contributed by atoms with Crippen molar-refractivity contribution in [1.82, 2.24) is 14.5 Å². The summed E-state index contributed by atoms with van der Waals surface area (Å²) in [4.78, 5) is 6.46. The Balaban J connectivity index is 1.25. The Kier molecular flexibility index (Phi) is 7.45. The number of ether oxygens (including phenoxy) is 2. The van der Waals surface area contributed by atoms with Gasteiger partial charge in [0.15, 0.2) is 0 Å². The van der Waals surface area contributed by atoms with E-state index < -0.39 is 5.60 Å². The number of nitrogens with zero attached hydrogens (tertiary/aromatic N) is 3. The fraction of sp³-hybridized carbons (Fsp3) is 0.423. The molecule has 1 atom stereocenters. The molecule has 0 saturated carbocycles. The molecule has 0 amide bonds. The highest BCUT2D eigenvalue weighted by atomic mass is 16.5. The molecule has 1 aliphatic rings. The van der Waals surface area contributed by atoms with Gasteiger partial charge in [0.25, 0.3) is 0 Å². The molecule has 0 spiro atoms. The van der Waals surface area contributed by atoms with E-state index in [1.165, 1.54) is 11.1 Å². The fourth-order valence-electron chi connectivity index (χ4n) is 4.07. The lowest BCUT2D eigenvalue weighted by atomic mass is 9.96. The molecule has 3 aromatic rings. The zero-order valence-electron chi connectivity index (χ0n) is 18.8. The highest BCUT2D eigenvalue weighted by Crippen LogP contribution is 2.25. The lowest BCUT2D eigenvalue weighted by molar-refractivity contribution is -0.0168. The van der Waals surface area contributed by atoms with Crippen molar-refractivity contribution in [2.24, 2.45) is 0 Å². The summed E-state index contributed by atoms with van der Waals surface area (Å²) in [5.74, 6) is 1.70. The van der Waals surface area contributed by atoms with Crippen LogP contribution in [-0.2, 0) is 13.1 Å². The maximum atomic E-state index is 11.1. The normalized spacial score (nSPS) is 19.4. The van der Waals surface area contributed by atoms with Crippen LogP contribution in [0.4, 0.5) is 0 Å². The second kappa shape index (κ2) is 10.7. The van der Waals surface area contributed by atoms with Crippen molar-refractivity contribution in [3.63, 3.8) is 0 Å². The van der Waals surface area contributed by atoms with Gasteiger partial charge >= 0.3 is 0 Å². The SMILES string of the molecule is Cc1ccc(OC[C@@]2(O)CCCN(Cc3cccc(OCCn4ccnc4)c3)CC2)cc1. The Bertz CT molecular complexity index is 959. The van der Waals surface area contributed by atoms with E-state index in [-0.39, 0.29) is 0 Å². The summed E-state index contributed by atoms with van der Waals surface area (Å²) < 4.78 is 13.8. The third kappa shape index (κ3) is 6.58. The smallest absolute Gasteiger partial charge is 0.119 e. The van der Waals surface area contributed by atoms with Crippen LogP contribution >= 0.6 is 0 Å². The van der Waals surface area contributed by atoms with Gasteiger partial charge < -0.3 is 19.1 Å². The molecule has 6 heteroatoms. The van der Waals surface area contributed by atoms with Gasteiger partial charge in [-0.2, -0.15) is 0 Å². The van der Waals surface area contributed by atoms with E-state index in [1.807, 2.05) is 47.2 Å². The van der Waals surface area contributed by atoms with Crippen molar-refractivity contribution in [2.45, 2.75) is 44.9 Å². The van der Waals surface area contributed by atoms with Crippen LogP contribution in [0.1, 0.15) is 30.4 Å². The lowest BCUT2D eigenvalue weighted by Crippen LogP contribution is -2.37. The molecule has 6 nitrogen and oxygen atoms in total. The monoisotopic (exact) mass is 435 g/mol. The average Bonchev–Trinajstić information content (AvgIpc) is 3.24. The summed E-state index contributed by atoms with van der Waals surface area (Å²) in [5.41, 5.74) is 1.65. The first-order chi connectivity index (χ1) is 15.6. The topological polar surface area (TPSA) is 59.8 Å². The second-order valence-corrected chi connectivity index (χ2v) is 8.75. The minimum Gasteiger partial charge on any atom is -0.492 e. The Morgan fingerprint density at radius 2 is 1.91 bits per heavy atom. The summed E-state index contributed by atoms with van der Waals surface area (Å²) in [5, 5.41) is 11.1. The van der Waals surface area contributed by atoms with E-state index >= 15 is 0 Å². The number of hydrogen-bond donors (Lipinski definition) is 1. The molecule has 0 bridgehead atoms. The van der Waals surface area contributed by atoms with E-state index in [2.05, 4.69) is 28.9 Å². The Morgan fingerprint density at radius 3 is 2.72 bits per heavy atom. The molecule has 1 aliphatic heterocycles. The number of aliphatic hydroxyl groups is 1. The van der Waals surface area contributed by atoms with Gasteiger partial charge in [0.2, 0.25) is 0 Å². The second-order valence-electron chi connectivity index (χ2n) is 8.75. The molecule has 1 saturated heterocycles. The molecule has 0 radical (unpaired) electrons. The Morgan fingerprint density at radius 1 is 1.03 bits per heavy atom. The van der Waals surface area contributed by atoms with Crippen LogP contribution in [-0.4, -0.2) is 51.5 Å². The number of aromatic nitrogens is 2. The fourth-order valence-corrected chi connectivity index (χ4v) is 4.07. The first-order valence-corrected chi connectivity index (χ1v) is 11.4. The molecule has 32 heavy (non-hydrogen) atoms. The van der Waals surface area contributed by atoms with Crippen molar-refractivity contribution in [3.8, 4) is 11.5 Å². The predicted octanol–water partition coefficient (Wildman–Crippen LogP) is 4.07. The first-order valence-electron chi connectivity index (χ1n) is 11.4. The predicted molar refractivity (Wildman–Crippen MR) is 125 cm³/mol. The van der Waals surface area contributed by atoms with Crippen molar-refractivity contribution in [2.75, 3.05) is 26.3 Å². The van der Waals surface area contributed by atoms with E-state index in [0.29, 0.717) is 19.6 Å². The zero-order chi connectivity index (χ0) is 22.2. The third-order valence-electron chi connectivity index (χ3n) is 6.02. The molecule has 1 fully saturated rings. The summed E-state index contributed by atoms with van der Waals surface area (Å²) in [6.45, 7) is 6.45. The van der Waals surface area contributed by atoms with Gasteiger partial charge in [-0.25, -0.2) is 4.98 Å². The van der Waals surface area contributed by atoms with Gasteiger partial charge in [-0.15, -0.1) is 0 Å². The van der Waals surface area contributed by atoms with Gasteiger partial charge in [-0.3, -0.25) is 4.90 Å². The molecular weight excluding hydrogens is 402 g/mol. The van der Waals surface area contributed by atoms with Crippen molar-refractivity contribution in [1.29, 1.82) is 0 Å². The van der Waals surface area contributed by atoms with Gasteiger partial charge in [0.05, 0.1) is 18.5 Å². The van der Waals surface area contributed by atoms with Gasteiger partial charge in [-0.05, 0) is 62.6 Å². The van der Waals surface area contributed by atoms with Crippen LogP contribution in [0.2, 0.25) is 0 Å². The Labute approximate surface area is 190 Å². The number of benzene rings is 2. The lowest BCUT2D eigenvalue weighted by Gasteiger charge is -2.27. The number of imidazole rings is 1. The number of aryl methyl sites for hydroxylation is 1. The van der Waals surface area contributed by atoms with Crippen LogP contribution in [0, 0.1) is 6.92 Å². The third-order valence-corrected chi connectivity index (χ3v) is 6.02. The molecule has 4 rings (SSSR count). The Hall–Kier alpha value is -2.83. The molecule has 0 aliphatic carbocycles. The quantitative estimate of drug-likeness (QED) is 0.549. The van der Waals surface area contributed by atoms with Gasteiger partial charge in [0, 0.05) is 25.5 Å². The van der Waals surface area contributed by atoms with Crippen molar-refractivity contribution in [3.05, 3.63) is 78.4 Å². The molecule has 1 aromatic heterocycles. The van der Waals surface area contributed by atoms with Gasteiger partial charge in [-0.1, -0.05) is 29.8 Å². The van der Waals surface area contributed by atoms with Gasteiger partial charge in [0.1, 0.15) is 24.7 Å². The van der Waals surface area contributed by atoms with E-state index in [4.69, 9.17) is 9.47 Å². The van der Waals surface area contributed by atoms with Crippen LogP contribution in [0.25, 0.3) is 0 Å². The van der Waals surface area contributed by atoms with E-state index in [9.17, 15) is 5.11 Å². The molecule has 1 N–H and O–H groups in total.